The first-order valence-electron chi connectivity index (χ1n) is 6.30. The van der Waals surface area contributed by atoms with Gasteiger partial charge in [-0.3, -0.25) is 0 Å². The number of hydrogen-bond acceptors (Lipinski definition) is 6. The van der Waals surface area contributed by atoms with Crippen molar-refractivity contribution in [3.8, 4) is 5.88 Å². The van der Waals surface area contributed by atoms with Crippen LogP contribution in [0.3, 0.4) is 0 Å². The highest BCUT2D eigenvalue weighted by molar-refractivity contribution is 7.09. The lowest BCUT2D eigenvalue weighted by Gasteiger charge is -2.17. The molecule has 2 amide bonds. The van der Waals surface area contributed by atoms with E-state index in [0.717, 1.165) is 23.0 Å². The molecule has 0 saturated carbocycles. The topological polar surface area (TPSA) is 67.4 Å². The van der Waals surface area contributed by atoms with Gasteiger partial charge in [0.1, 0.15) is 12.3 Å². The molecule has 1 fully saturated rings. The van der Waals surface area contributed by atoms with E-state index in [1.165, 1.54) is 0 Å². The van der Waals surface area contributed by atoms with E-state index in [2.05, 4.69) is 14.1 Å². The number of nitrogens with zero attached hydrogens (tertiary/aromatic N) is 3. The van der Waals surface area contributed by atoms with Crippen molar-refractivity contribution in [2.45, 2.75) is 19.1 Å². The van der Waals surface area contributed by atoms with Crippen LogP contribution >= 0.6 is 23.1 Å². The van der Waals surface area contributed by atoms with Crippen LogP contribution in [0.4, 0.5) is 4.79 Å². The van der Waals surface area contributed by atoms with E-state index in [1.54, 1.807) is 22.4 Å². The third kappa shape index (κ3) is 3.26. The Bertz CT molecular complexity index is 544. The Morgan fingerprint density at radius 1 is 1.60 bits per heavy atom. The third-order valence-electron chi connectivity index (χ3n) is 3.05. The molecular formula is C12H14N4O2S2. The predicted molar refractivity (Wildman–Crippen MR) is 77.1 cm³/mol. The number of nitrogens with one attached hydrogen (secondary N) is 1. The van der Waals surface area contributed by atoms with Crippen molar-refractivity contribution in [2.75, 3.05) is 13.1 Å². The van der Waals surface area contributed by atoms with Gasteiger partial charge in [0.25, 0.3) is 0 Å². The highest BCUT2D eigenvalue weighted by Gasteiger charge is 2.27. The number of thiophene rings is 1. The lowest BCUT2D eigenvalue weighted by atomic mass is 10.3. The van der Waals surface area contributed by atoms with Gasteiger partial charge >= 0.3 is 6.03 Å². The van der Waals surface area contributed by atoms with E-state index < -0.39 is 0 Å². The van der Waals surface area contributed by atoms with Gasteiger partial charge in [-0.05, 0) is 11.4 Å². The lowest BCUT2D eigenvalue weighted by molar-refractivity contribution is 0.184. The summed E-state index contributed by atoms with van der Waals surface area (Å²) in [6.07, 6.45) is 2.43. The molecule has 106 valence electrons. The second-order valence-corrected chi connectivity index (χ2v) is 6.05. The molecule has 8 heteroatoms. The summed E-state index contributed by atoms with van der Waals surface area (Å²) in [5.74, 6) is 0.542. The summed E-state index contributed by atoms with van der Waals surface area (Å²) in [5.41, 5.74) is 0. The first-order chi connectivity index (χ1) is 9.81. The summed E-state index contributed by atoms with van der Waals surface area (Å²) in [5, 5.41) is 4.93. The Labute approximate surface area is 124 Å². The summed E-state index contributed by atoms with van der Waals surface area (Å²) in [7, 11) is 0. The normalized spacial score (nSPS) is 18.2. The van der Waals surface area contributed by atoms with E-state index in [4.69, 9.17) is 4.74 Å². The van der Waals surface area contributed by atoms with E-state index >= 15 is 0 Å². The largest absolute Gasteiger partial charge is 0.471 e. The molecule has 1 aliphatic heterocycles. The number of urea groups is 1. The van der Waals surface area contributed by atoms with Crippen molar-refractivity contribution < 1.29 is 9.53 Å². The molecule has 0 aromatic carbocycles. The Morgan fingerprint density at radius 3 is 3.30 bits per heavy atom. The van der Waals surface area contributed by atoms with Gasteiger partial charge in [-0.1, -0.05) is 6.07 Å². The minimum Gasteiger partial charge on any atom is -0.471 e. The number of carbonyl (C=O) groups is 1. The minimum atomic E-state index is -0.0408. The van der Waals surface area contributed by atoms with Crippen molar-refractivity contribution in [3.05, 3.63) is 28.6 Å². The van der Waals surface area contributed by atoms with E-state index in [9.17, 15) is 4.79 Å². The molecule has 0 radical (unpaired) electrons. The van der Waals surface area contributed by atoms with E-state index in [0.29, 0.717) is 25.5 Å². The summed E-state index contributed by atoms with van der Waals surface area (Å²) in [4.78, 5) is 15.0. The summed E-state index contributed by atoms with van der Waals surface area (Å²) in [6, 6.07) is 3.95. The maximum Gasteiger partial charge on any atom is 0.317 e. The molecule has 1 atom stereocenters. The van der Waals surface area contributed by atoms with Gasteiger partial charge in [0.2, 0.25) is 5.88 Å². The molecule has 1 saturated heterocycles. The second-order valence-electron chi connectivity index (χ2n) is 4.46. The maximum atomic E-state index is 12.0. The zero-order chi connectivity index (χ0) is 13.8. The third-order valence-corrected chi connectivity index (χ3v) is 4.39. The summed E-state index contributed by atoms with van der Waals surface area (Å²) < 4.78 is 13.6. The van der Waals surface area contributed by atoms with Gasteiger partial charge in [0, 0.05) is 17.8 Å². The van der Waals surface area contributed by atoms with Crippen LogP contribution in [0.5, 0.6) is 5.88 Å². The fourth-order valence-corrected chi connectivity index (χ4v) is 3.07. The van der Waals surface area contributed by atoms with Gasteiger partial charge in [0.15, 0.2) is 0 Å². The summed E-state index contributed by atoms with van der Waals surface area (Å²) >= 11 is 2.76. The first-order valence-corrected chi connectivity index (χ1v) is 7.91. The van der Waals surface area contributed by atoms with Crippen LogP contribution in [-0.2, 0) is 6.54 Å². The van der Waals surface area contributed by atoms with Crippen LogP contribution < -0.4 is 10.1 Å². The number of rotatable bonds is 4. The highest BCUT2D eigenvalue weighted by atomic mass is 32.1. The lowest BCUT2D eigenvalue weighted by Crippen LogP contribution is -2.38. The van der Waals surface area contributed by atoms with Crippen molar-refractivity contribution in [1.29, 1.82) is 0 Å². The number of carbonyl (C=O) groups excluding carboxylic acids is 1. The SMILES string of the molecule is O=C(NCc1cccs1)N1CCC(Oc2cnsn2)C1. The van der Waals surface area contributed by atoms with Crippen LogP contribution in [0.15, 0.2) is 23.7 Å². The number of likely N-dealkylation sites (tertiary alicyclic amines) is 1. The van der Waals surface area contributed by atoms with Crippen molar-refractivity contribution in [1.82, 2.24) is 19.0 Å². The van der Waals surface area contributed by atoms with Crippen LogP contribution in [0.25, 0.3) is 0 Å². The molecule has 6 nitrogen and oxygen atoms in total. The predicted octanol–water partition coefficient (Wildman–Crippen LogP) is 1.96. The quantitative estimate of drug-likeness (QED) is 0.937. The van der Waals surface area contributed by atoms with E-state index in [1.807, 2.05) is 17.5 Å². The van der Waals surface area contributed by atoms with Crippen molar-refractivity contribution in [3.63, 3.8) is 0 Å². The second kappa shape index (κ2) is 6.19. The van der Waals surface area contributed by atoms with Gasteiger partial charge < -0.3 is 15.0 Å². The molecule has 2 aromatic rings. The fraction of sp³-hybridized carbons (Fsp3) is 0.417. The van der Waals surface area contributed by atoms with Crippen molar-refractivity contribution in [2.24, 2.45) is 0 Å². The molecule has 0 bridgehead atoms. The van der Waals surface area contributed by atoms with Gasteiger partial charge in [-0.15, -0.1) is 15.7 Å². The van der Waals surface area contributed by atoms with Crippen LogP contribution in [0, 0.1) is 0 Å². The molecule has 20 heavy (non-hydrogen) atoms. The molecule has 1 unspecified atom stereocenters. The number of aromatic nitrogens is 2. The zero-order valence-corrected chi connectivity index (χ0v) is 12.3. The monoisotopic (exact) mass is 310 g/mol. The molecule has 0 spiro atoms. The molecule has 3 heterocycles. The van der Waals surface area contributed by atoms with Gasteiger partial charge in [-0.2, -0.15) is 4.37 Å². The van der Waals surface area contributed by atoms with Crippen LogP contribution in [0.2, 0.25) is 0 Å². The molecule has 3 rings (SSSR count). The van der Waals surface area contributed by atoms with Gasteiger partial charge in [-0.25, -0.2) is 4.79 Å². The molecule has 1 N–H and O–H groups in total. The number of ether oxygens (including phenoxy) is 1. The Morgan fingerprint density at radius 2 is 2.55 bits per heavy atom. The zero-order valence-electron chi connectivity index (χ0n) is 10.7. The summed E-state index contributed by atoms with van der Waals surface area (Å²) in [6.45, 7) is 1.88. The fourth-order valence-electron chi connectivity index (χ4n) is 2.08. The molecular weight excluding hydrogens is 296 g/mol. The smallest absolute Gasteiger partial charge is 0.317 e. The number of hydrogen-bond donors (Lipinski definition) is 1. The minimum absolute atomic E-state index is 0.00591. The molecule has 0 aliphatic carbocycles. The standard InChI is InChI=1S/C12H14N4O2S2/c17-12(13-6-10-2-1-5-19-10)16-4-3-9(8-16)18-11-7-14-20-15-11/h1-2,5,7,9H,3-4,6,8H2,(H,13,17). The van der Waals surface area contributed by atoms with Crippen LogP contribution in [-0.4, -0.2) is 38.9 Å². The van der Waals surface area contributed by atoms with Crippen LogP contribution in [0.1, 0.15) is 11.3 Å². The first kappa shape index (κ1) is 13.3. The average Bonchev–Trinajstić information content (AvgIpc) is 3.19. The molecule has 2 aromatic heterocycles. The number of amides is 2. The molecule has 1 aliphatic rings. The average molecular weight is 310 g/mol. The Kier molecular flexibility index (Phi) is 4.12. The highest BCUT2D eigenvalue weighted by Crippen LogP contribution is 2.17. The maximum absolute atomic E-state index is 12.0. The Hall–Kier alpha value is -1.67. The van der Waals surface area contributed by atoms with Gasteiger partial charge in [0.05, 0.1) is 24.8 Å². The Balaban J connectivity index is 1.45. The van der Waals surface area contributed by atoms with Crippen molar-refractivity contribution >= 4 is 29.1 Å². The van der Waals surface area contributed by atoms with E-state index in [-0.39, 0.29) is 12.1 Å².